The zero-order chi connectivity index (χ0) is 21.9. The first-order valence-electron chi connectivity index (χ1n) is 9.44. The molecule has 3 rings (SSSR count). The van der Waals surface area contributed by atoms with E-state index in [0.29, 0.717) is 25.7 Å². The minimum Gasteiger partial charge on any atom is -0.324 e. The predicted octanol–water partition coefficient (Wildman–Crippen LogP) is 2.82. The van der Waals surface area contributed by atoms with Crippen LogP contribution in [0, 0.1) is 6.92 Å². The molecule has 0 aromatic carbocycles. The Balaban J connectivity index is 1.66. The largest absolute Gasteiger partial charge is 0.416 e. The number of carbonyl (C=O) groups excluding carboxylic acids is 3. The van der Waals surface area contributed by atoms with E-state index < -0.39 is 40.6 Å². The van der Waals surface area contributed by atoms with E-state index >= 15 is 0 Å². The molecule has 2 aliphatic heterocycles. The van der Waals surface area contributed by atoms with Crippen molar-refractivity contribution >= 4 is 35.2 Å². The molecule has 2 atom stereocenters. The Labute approximate surface area is 175 Å². The molecule has 30 heavy (non-hydrogen) atoms. The molecule has 2 unspecified atom stereocenters. The quantitative estimate of drug-likeness (QED) is 0.538. The number of ketones is 1. The molecule has 2 amide bonds. The number of allylic oxidation sites excluding steroid dienone is 1. The first-order chi connectivity index (χ1) is 14.2. The molecule has 2 aliphatic rings. The van der Waals surface area contributed by atoms with Gasteiger partial charge in [-0.05, 0) is 50.1 Å². The molecule has 1 fully saturated rings. The molecule has 2 N–H and O–H groups in total. The Morgan fingerprint density at radius 3 is 2.67 bits per heavy atom. The van der Waals surface area contributed by atoms with Crippen molar-refractivity contribution in [1.82, 2.24) is 15.3 Å². The summed E-state index contributed by atoms with van der Waals surface area (Å²) in [4.78, 5) is 43.0. The van der Waals surface area contributed by atoms with Crippen molar-refractivity contribution in [3.63, 3.8) is 0 Å². The van der Waals surface area contributed by atoms with Gasteiger partial charge in [0.2, 0.25) is 5.78 Å². The Bertz CT molecular complexity index is 867. The highest BCUT2D eigenvalue weighted by molar-refractivity contribution is 8.03. The number of Topliss-reactive ketones (excluding diaryl/α,β-unsaturated/α-hetero) is 1. The van der Waals surface area contributed by atoms with Gasteiger partial charge in [0.05, 0.1) is 10.8 Å². The van der Waals surface area contributed by atoms with Crippen molar-refractivity contribution in [2.45, 2.75) is 50.1 Å². The van der Waals surface area contributed by atoms with Crippen LogP contribution in [0.5, 0.6) is 0 Å². The van der Waals surface area contributed by atoms with Crippen LogP contribution in [-0.4, -0.2) is 45.3 Å². The predicted molar refractivity (Wildman–Crippen MR) is 105 cm³/mol. The van der Waals surface area contributed by atoms with Gasteiger partial charge in [-0.2, -0.15) is 13.2 Å². The van der Waals surface area contributed by atoms with E-state index in [4.69, 9.17) is 0 Å². The molecular formula is C19H21F3N4O3S. The van der Waals surface area contributed by atoms with E-state index in [-0.39, 0.29) is 18.1 Å². The van der Waals surface area contributed by atoms with Gasteiger partial charge >= 0.3 is 6.18 Å². The summed E-state index contributed by atoms with van der Waals surface area (Å²) in [6.07, 6.45) is -0.542. The molecule has 7 nitrogen and oxygen atoms in total. The molecular weight excluding hydrogens is 421 g/mol. The SMILES string of the molecule is Cc1cc(C(F)(F)F)cc(NNC(=O)C2CCCCN2C(=O)C(=O)C2CC=CS2)n1. The number of hydrogen-bond donors (Lipinski definition) is 2. The van der Waals surface area contributed by atoms with Crippen LogP contribution >= 0.6 is 11.8 Å². The highest BCUT2D eigenvalue weighted by Crippen LogP contribution is 2.31. The number of aryl methyl sites for hydroxylation is 1. The summed E-state index contributed by atoms with van der Waals surface area (Å²) >= 11 is 1.27. The zero-order valence-corrected chi connectivity index (χ0v) is 17.0. The number of nitrogens with zero attached hydrogens (tertiary/aromatic N) is 2. The summed E-state index contributed by atoms with van der Waals surface area (Å²) in [6.45, 7) is 1.68. The number of carbonyl (C=O) groups is 3. The summed E-state index contributed by atoms with van der Waals surface area (Å²) < 4.78 is 38.9. The van der Waals surface area contributed by atoms with Crippen LogP contribution in [0.2, 0.25) is 0 Å². The number of rotatable bonds is 5. The van der Waals surface area contributed by atoms with Gasteiger partial charge in [0.25, 0.3) is 11.8 Å². The third-order valence-electron chi connectivity index (χ3n) is 4.85. The van der Waals surface area contributed by atoms with Gasteiger partial charge in [0.15, 0.2) is 0 Å². The average Bonchev–Trinajstić information content (AvgIpc) is 3.24. The highest BCUT2D eigenvalue weighted by atomic mass is 32.2. The zero-order valence-electron chi connectivity index (χ0n) is 16.2. The molecule has 1 aromatic rings. The number of aromatic nitrogens is 1. The summed E-state index contributed by atoms with van der Waals surface area (Å²) in [7, 11) is 0. The molecule has 1 aromatic heterocycles. The monoisotopic (exact) mass is 442 g/mol. The van der Waals surface area contributed by atoms with E-state index in [1.54, 1.807) is 5.41 Å². The second kappa shape index (κ2) is 9.07. The van der Waals surface area contributed by atoms with Crippen molar-refractivity contribution in [3.05, 3.63) is 34.9 Å². The Morgan fingerprint density at radius 2 is 2.00 bits per heavy atom. The smallest absolute Gasteiger partial charge is 0.324 e. The van der Waals surface area contributed by atoms with Crippen LogP contribution in [0.1, 0.15) is 36.9 Å². The average molecular weight is 442 g/mol. The van der Waals surface area contributed by atoms with Crippen LogP contribution < -0.4 is 10.9 Å². The molecule has 0 bridgehead atoms. The molecule has 0 saturated carbocycles. The number of pyridine rings is 1. The highest BCUT2D eigenvalue weighted by Gasteiger charge is 2.38. The van der Waals surface area contributed by atoms with Crippen molar-refractivity contribution in [2.24, 2.45) is 0 Å². The second-order valence-corrected chi connectivity index (χ2v) is 8.21. The standard InChI is InChI=1S/C19H21F3N4O3S/c1-11-9-12(19(20,21)22)10-15(23-11)24-25-17(28)13-5-2-3-7-26(13)18(29)16(27)14-6-4-8-30-14/h4,8-10,13-14H,2-3,5-7H2,1H3,(H,23,24)(H,25,28). The Morgan fingerprint density at radius 1 is 1.23 bits per heavy atom. The molecule has 0 spiro atoms. The number of hydrogen-bond acceptors (Lipinski definition) is 6. The summed E-state index contributed by atoms with van der Waals surface area (Å²) in [5, 5.41) is 1.29. The summed E-state index contributed by atoms with van der Waals surface area (Å²) in [5.74, 6) is -2.03. The molecule has 11 heteroatoms. The summed E-state index contributed by atoms with van der Waals surface area (Å²) in [6, 6.07) is 0.801. The van der Waals surface area contributed by atoms with Gasteiger partial charge < -0.3 is 4.90 Å². The van der Waals surface area contributed by atoms with Crippen LogP contribution in [0.25, 0.3) is 0 Å². The minimum atomic E-state index is -4.55. The lowest BCUT2D eigenvalue weighted by atomic mass is 10.0. The van der Waals surface area contributed by atoms with Gasteiger partial charge in [-0.25, -0.2) is 4.98 Å². The van der Waals surface area contributed by atoms with Crippen molar-refractivity contribution in [1.29, 1.82) is 0 Å². The lowest BCUT2D eigenvalue weighted by Crippen LogP contribution is -2.55. The number of hydrazine groups is 1. The topological polar surface area (TPSA) is 91.4 Å². The van der Waals surface area contributed by atoms with Crippen molar-refractivity contribution in [2.75, 3.05) is 12.0 Å². The van der Waals surface area contributed by atoms with Crippen molar-refractivity contribution < 1.29 is 27.6 Å². The van der Waals surface area contributed by atoms with E-state index in [2.05, 4.69) is 15.8 Å². The lowest BCUT2D eigenvalue weighted by molar-refractivity contribution is -0.149. The van der Waals surface area contributed by atoms with Crippen LogP contribution in [0.3, 0.4) is 0 Å². The minimum absolute atomic E-state index is 0.129. The van der Waals surface area contributed by atoms with E-state index in [0.717, 1.165) is 12.1 Å². The number of thioether (sulfide) groups is 1. The van der Waals surface area contributed by atoms with E-state index in [9.17, 15) is 27.6 Å². The van der Waals surface area contributed by atoms with Gasteiger partial charge in [0.1, 0.15) is 11.9 Å². The number of nitrogens with one attached hydrogen (secondary N) is 2. The number of likely N-dealkylation sites (tertiary alicyclic amines) is 1. The number of amides is 2. The number of piperidine rings is 1. The normalized spacial score (nSPS) is 21.4. The lowest BCUT2D eigenvalue weighted by Gasteiger charge is -2.34. The van der Waals surface area contributed by atoms with Gasteiger partial charge in [-0.3, -0.25) is 25.2 Å². The maximum Gasteiger partial charge on any atom is 0.416 e. The summed E-state index contributed by atoms with van der Waals surface area (Å²) in [5.41, 5.74) is 3.95. The van der Waals surface area contributed by atoms with E-state index in [1.807, 2.05) is 6.08 Å². The van der Waals surface area contributed by atoms with E-state index in [1.165, 1.54) is 23.6 Å². The first-order valence-corrected chi connectivity index (χ1v) is 10.4. The molecule has 3 heterocycles. The van der Waals surface area contributed by atoms with Crippen LogP contribution in [-0.2, 0) is 20.6 Å². The fourth-order valence-corrected chi connectivity index (χ4v) is 4.24. The second-order valence-electron chi connectivity index (χ2n) is 7.10. The van der Waals surface area contributed by atoms with Crippen LogP contribution in [0.15, 0.2) is 23.6 Å². The van der Waals surface area contributed by atoms with Crippen molar-refractivity contribution in [3.8, 4) is 0 Å². The van der Waals surface area contributed by atoms with Gasteiger partial charge in [0, 0.05) is 12.2 Å². The first kappa shape index (κ1) is 22.1. The number of alkyl halides is 3. The Kier molecular flexibility index (Phi) is 6.69. The molecule has 0 aliphatic carbocycles. The number of halogens is 3. The molecule has 0 radical (unpaired) electrons. The third-order valence-corrected chi connectivity index (χ3v) is 5.94. The number of anilines is 1. The maximum atomic E-state index is 13.0. The van der Waals surface area contributed by atoms with Gasteiger partial charge in [-0.1, -0.05) is 6.08 Å². The maximum absolute atomic E-state index is 13.0. The fraction of sp³-hybridized carbons (Fsp3) is 0.474. The third kappa shape index (κ3) is 5.13. The van der Waals surface area contributed by atoms with Crippen LogP contribution in [0.4, 0.5) is 19.0 Å². The Hall–Kier alpha value is -2.56. The molecule has 1 saturated heterocycles. The van der Waals surface area contributed by atoms with Gasteiger partial charge in [-0.15, -0.1) is 11.8 Å². The molecule has 162 valence electrons. The fourth-order valence-electron chi connectivity index (χ4n) is 3.39.